The minimum Gasteiger partial charge on any atom is -0.445 e. The summed E-state index contributed by atoms with van der Waals surface area (Å²) in [5.41, 5.74) is 2.95. The fourth-order valence-corrected chi connectivity index (χ4v) is 9.51. The molecule has 0 N–H and O–H groups in total. The SMILES string of the molecule is CC(C)(C)[Si](On1cc2c(n1)CCCN(C(=O)OCc1ccccc1)C2)(c1ccccc1)c1ccccc1. The van der Waals surface area contributed by atoms with Crippen molar-refractivity contribution in [2.24, 2.45) is 0 Å². The average Bonchev–Trinajstić information content (AvgIpc) is 3.20. The highest BCUT2D eigenvalue weighted by molar-refractivity contribution is 6.99. The summed E-state index contributed by atoms with van der Waals surface area (Å²) in [4.78, 5) is 16.4. The first-order chi connectivity index (χ1) is 18.4. The summed E-state index contributed by atoms with van der Waals surface area (Å²) in [6, 6.07) is 30.8. The van der Waals surface area contributed by atoms with Gasteiger partial charge in [-0.25, -0.2) is 4.79 Å². The monoisotopic (exact) mass is 525 g/mol. The van der Waals surface area contributed by atoms with Crippen LogP contribution in [0.2, 0.25) is 5.04 Å². The Morgan fingerprint density at radius 1 is 0.895 bits per heavy atom. The molecule has 0 atom stereocenters. The van der Waals surface area contributed by atoms with E-state index >= 15 is 0 Å². The normalized spacial score (nSPS) is 13.9. The maximum absolute atomic E-state index is 12.9. The second-order valence-corrected chi connectivity index (χ2v) is 15.0. The summed E-state index contributed by atoms with van der Waals surface area (Å²) < 4.78 is 12.7. The van der Waals surface area contributed by atoms with Gasteiger partial charge in [0.05, 0.1) is 18.4 Å². The Balaban J connectivity index is 1.43. The molecule has 0 radical (unpaired) electrons. The van der Waals surface area contributed by atoms with Crippen LogP contribution >= 0.6 is 0 Å². The Labute approximate surface area is 225 Å². The van der Waals surface area contributed by atoms with E-state index in [1.54, 1.807) is 9.75 Å². The number of carbonyl (C=O) groups is 1. The maximum atomic E-state index is 12.9. The molecule has 3 aromatic carbocycles. The van der Waals surface area contributed by atoms with Crippen LogP contribution in [0.5, 0.6) is 0 Å². The zero-order valence-corrected chi connectivity index (χ0v) is 23.3. The fraction of sp³-hybridized carbons (Fsp3) is 0.290. The minimum absolute atomic E-state index is 0.174. The van der Waals surface area contributed by atoms with Gasteiger partial charge in [-0.05, 0) is 28.8 Å². The van der Waals surface area contributed by atoms with Crippen molar-refractivity contribution in [3.05, 3.63) is 114 Å². The summed E-state index contributed by atoms with van der Waals surface area (Å²) >= 11 is 0. The second kappa shape index (κ2) is 10.9. The van der Waals surface area contributed by atoms with E-state index in [0.717, 1.165) is 29.7 Å². The van der Waals surface area contributed by atoms with Gasteiger partial charge >= 0.3 is 14.4 Å². The number of rotatable bonds is 6. The molecule has 1 aliphatic rings. The van der Waals surface area contributed by atoms with E-state index in [0.29, 0.717) is 13.1 Å². The molecule has 0 unspecified atom stereocenters. The summed E-state index contributed by atoms with van der Waals surface area (Å²) in [6.45, 7) is 8.10. The number of hydrogen-bond acceptors (Lipinski definition) is 4. The Morgan fingerprint density at radius 3 is 2.05 bits per heavy atom. The molecule has 0 saturated heterocycles. The lowest BCUT2D eigenvalue weighted by Crippen LogP contribution is -2.70. The molecule has 5 rings (SSSR count). The van der Waals surface area contributed by atoms with E-state index < -0.39 is 8.32 Å². The molecule has 0 aliphatic carbocycles. The van der Waals surface area contributed by atoms with Crippen LogP contribution in [-0.4, -0.2) is 35.8 Å². The molecular weight excluding hydrogens is 490 g/mol. The summed E-state index contributed by atoms with van der Waals surface area (Å²) in [5.74, 6) is 0. The van der Waals surface area contributed by atoms with Crippen LogP contribution in [0, 0.1) is 0 Å². The Kier molecular flexibility index (Phi) is 7.38. The number of carbonyl (C=O) groups excluding carboxylic acids is 1. The number of amides is 1. The molecule has 1 aromatic heterocycles. The van der Waals surface area contributed by atoms with Crippen molar-refractivity contribution in [2.45, 2.75) is 51.8 Å². The van der Waals surface area contributed by atoms with Crippen LogP contribution in [0.1, 0.15) is 44.0 Å². The van der Waals surface area contributed by atoms with Gasteiger partial charge < -0.3 is 14.2 Å². The topological polar surface area (TPSA) is 56.6 Å². The van der Waals surface area contributed by atoms with Crippen LogP contribution in [0.3, 0.4) is 0 Å². The molecule has 1 aliphatic heterocycles. The van der Waals surface area contributed by atoms with Gasteiger partial charge in [0, 0.05) is 17.1 Å². The Bertz CT molecular complexity index is 1310. The predicted octanol–water partition coefficient (Wildman–Crippen LogP) is 4.96. The molecule has 6 nitrogen and oxygen atoms in total. The fourth-order valence-electron chi connectivity index (χ4n) is 5.26. The molecule has 0 fully saturated rings. The highest BCUT2D eigenvalue weighted by Gasteiger charge is 2.53. The molecule has 0 bridgehead atoms. The molecule has 0 spiro atoms. The summed E-state index contributed by atoms with van der Waals surface area (Å²) in [7, 11) is -2.81. The highest BCUT2D eigenvalue weighted by Crippen LogP contribution is 2.35. The second-order valence-electron chi connectivity index (χ2n) is 10.8. The number of benzene rings is 3. The molecule has 2 heterocycles. The summed E-state index contributed by atoms with van der Waals surface area (Å²) in [5, 5.41) is 7.10. The van der Waals surface area contributed by atoms with Gasteiger partial charge in [0.25, 0.3) is 0 Å². The average molecular weight is 526 g/mol. The first kappa shape index (κ1) is 25.8. The molecule has 7 heteroatoms. The third-order valence-electron chi connectivity index (χ3n) is 7.17. The lowest BCUT2D eigenvalue weighted by molar-refractivity contribution is 0.0940. The zero-order chi connectivity index (χ0) is 26.6. The first-order valence-electron chi connectivity index (χ1n) is 13.2. The van der Waals surface area contributed by atoms with E-state index in [2.05, 4.69) is 69.3 Å². The van der Waals surface area contributed by atoms with Crippen molar-refractivity contribution in [3.63, 3.8) is 0 Å². The number of nitrogens with zero attached hydrogens (tertiary/aromatic N) is 3. The van der Waals surface area contributed by atoms with E-state index in [1.807, 2.05) is 48.7 Å². The van der Waals surface area contributed by atoms with E-state index in [4.69, 9.17) is 14.4 Å². The van der Waals surface area contributed by atoms with Crippen molar-refractivity contribution in [1.82, 2.24) is 14.8 Å². The van der Waals surface area contributed by atoms with Crippen LogP contribution < -0.4 is 14.9 Å². The lowest BCUT2D eigenvalue weighted by atomic mass is 10.2. The van der Waals surface area contributed by atoms with E-state index in [9.17, 15) is 4.79 Å². The Hall–Kier alpha value is -3.84. The van der Waals surface area contributed by atoms with Gasteiger partial charge in [-0.15, -0.1) is 9.94 Å². The lowest BCUT2D eigenvalue weighted by Gasteiger charge is -2.41. The Morgan fingerprint density at radius 2 is 1.47 bits per heavy atom. The number of ether oxygens (including phenoxy) is 1. The predicted molar refractivity (Wildman–Crippen MR) is 152 cm³/mol. The quantitative estimate of drug-likeness (QED) is 0.334. The van der Waals surface area contributed by atoms with Crippen LogP contribution in [0.25, 0.3) is 0 Å². The molecule has 4 aromatic rings. The van der Waals surface area contributed by atoms with E-state index in [-0.39, 0.29) is 17.7 Å². The molecule has 0 saturated carbocycles. The van der Waals surface area contributed by atoms with Crippen LogP contribution in [0.15, 0.2) is 97.2 Å². The number of aryl methyl sites for hydroxylation is 1. The van der Waals surface area contributed by atoms with Crippen molar-refractivity contribution in [2.75, 3.05) is 6.54 Å². The maximum Gasteiger partial charge on any atom is 0.410 e. The summed E-state index contributed by atoms with van der Waals surface area (Å²) in [6.07, 6.45) is 3.26. The van der Waals surface area contributed by atoms with Crippen LogP contribution in [0.4, 0.5) is 4.79 Å². The van der Waals surface area contributed by atoms with Gasteiger partial charge in [-0.1, -0.05) is 112 Å². The van der Waals surface area contributed by atoms with Crippen molar-refractivity contribution in [1.29, 1.82) is 0 Å². The number of fused-ring (bicyclic) bond motifs is 1. The van der Waals surface area contributed by atoms with Crippen molar-refractivity contribution in [3.8, 4) is 0 Å². The zero-order valence-electron chi connectivity index (χ0n) is 22.3. The highest BCUT2D eigenvalue weighted by atomic mass is 28.4. The molecular formula is C31H35N3O3Si. The number of aromatic nitrogens is 2. The van der Waals surface area contributed by atoms with Crippen molar-refractivity contribution < 1.29 is 14.1 Å². The molecule has 38 heavy (non-hydrogen) atoms. The first-order valence-corrected chi connectivity index (χ1v) is 15.1. The standard InChI is InChI=1S/C31H35N3O3Si/c1-31(2,3)38(27-16-9-5-10-17-27,28-18-11-6-12-19-28)37-34-23-26-22-33(21-13-20-29(26)32-34)30(35)36-24-25-14-7-4-8-15-25/h4-12,14-19,23H,13,20-22,24H2,1-3H3. The van der Waals surface area contributed by atoms with Gasteiger partial charge in [0.1, 0.15) is 6.61 Å². The van der Waals surface area contributed by atoms with Gasteiger partial charge in [0.2, 0.25) is 0 Å². The van der Waals surface area contributed by atoms with Gasteiger partial charge in [-0.2, -0.15) is 0 Å². The molecule has 196 valence electrons. The number of hydrogen-bond donors (Lipinski definition) is 0. The van der Waals surface area contributed by atoms with Crippen molar-refractivity contribution >= 4 is 24.8 Å². The molecule has 1 amide bonds. The third-order valence-corrected chi connectivity index (χ3v) is 12.0. The van der Waals surface area contributed by atoms with E-state index in [1.165, 1.54) is 10.4 Å². The van der Waals surface area contributed by atoms with Gasteiger partial charge in [-0.3, -0.25) is 0 Å². The third kappa shape index (κ3) is 5.24. The van der Waals surface area contributed by atoms with Gasteiger partial charge in [0.15, 0.2) is 0 Å². The van der Waals surface area contributed by atoms with Crippen LogP contribution in [-0.2, 0) is 24.3 Å². The largest absolute Gasteiger partial charge is 0.445 e. The smallest absolute Gasteiger partial charge is 0.410 e. The minimum atomic E-state index is -2.81.